The summed E-state index contributed by atoms with van der Waals surface area (Å²) >= 11 is 3.47. The second-order valence-corrected chi connectivity index (χ2v) is 4.28. The predicted octanol–water partition coefficient (Wildman–Crippen LogP) is 2.47. The topological polar surface area (TPSA) is 29.0 Å². The molecule has 15 heavy (non-hydrogen) atoms. The predicted molar refractivity (Wildman–Crippen MR) is 66.0 cm³/mol. The van der Waals surface area contributed by atoms with Crippen molar-refractivity contribution in [1.82, 2.24) is 14.9 Å². The van der Waals surface area contributed by atoms with Crippen LogP contribution in [-0.2, 0) is 6.54 Å². The average Bonchev–Trinajstić information content (AvgIpc) is 2.28. The summed E-state index contributed by atoms with van der Waals surface area (Å²) in [6.07, 6.45) is 6.07. The van der Waals surface area contributed by atoms with E-state index in [0.29, 0.717) is 0 Å². The van der Waals surface area contributed by atoms with Gasteiger partial charge >= 0.3 is 0 Å². The Labute approximate surface area is 100 Å². The van der Waals surface area contributed by atoms with Gasteiger partial charge in [0.1, 0.15) is 5.82 Å². The standard InChI is InChI=1S/C11H18BrN3/c1-2-3-8-15(9-5-12)10-11-13-6-4-7-14-11/h4,6-7H,2-3,5,8-10H2,1H3. The van der Waals surface area contributed by atoms with Gasteiger partial charge in [-0.05, 0) is 19.0 Å². The first-order valence-corrected chi connectivity index (χ1v) is 6.53. The highest BCUT2D eigenvalue weighted by Gasteiger charge is 2.05. The molecule has 1 heterocycles. The molecule has 0 atom stereocenters. The number of unbranched alkanes of at least 4 members (excludes halogenated alkanes) is 1. The molecule has 0 aromatic carbocycles. The van der Waals surface area contributed by atoms with Gasteiger partial charge in [0.05, 0.1) is 6.54 Å². The maximum Gasteiger partial charge on any atom is 0.142 e. The molecule has 0 unspecified atom stereocenters. The van der Waals surface area contributed by atoms with Crippen LogP contribution in [0.15, 0.2) is 18.5 Å². The number of hydrogen-bond donors (Lipinski definition) is 0. The van der Waals surface area contributed by atoms with Crippen LogP contribution in [0.3, 0.4) is 0 Å². The lowest BCUT2D eigenvalue weighted by Gasteiger charge is -2.19. The van der Waals surface area contributed by atoms with E-state index in [9.17, 15) is 0 Å². The van der Waals surface area contributed by atoms with Gasteiger partial charge in [0, 0.05) is 24.3 Å². The molecule has 0 fully saturated rings. The van der Waals surface area contributed by atoms with Gasteiger partial charge < -0.3 is 0 Å². The van der Waals surface area contributed by atoms with E-state index in [-0.39, 0.29) is 0 Å². The summed E-state index contributed by atoms with van der Waals surface area (Å²) in [6, 6.07) is 1.85. The number of rotatable bonds is 7. The molecule has 0 aliphatic rings. The molecule has 0 radical (unpaired) electrons. The Hall–Kier alpha value is -0.480. The Morgan fingerprint density at radius 1 is 1.27 bits per heavy atom. The quantitative estimate of drug-likeness (QED) is 0.714. The molecule has 1 aromatic rings. The third-order valence-corrected chi connectivity index (χ3v) is 2.57. The lowest BCUT2D eigenvalue weighted by molar-refractivity contribution is 0.271. The van der Waals surface area contributed by atoms with Crippen LogP contribution in [-0.4, -0.2) is 33.3 Å². The Bertz CT molecular complexity index is 253. The Balaban J connectivity index is 2.43. The normalized spacial score (nSPS) is 10.9. The first kappa shape index (κ1) is 12.6. The van der Waals surface area contributed by atoms with E-state index in [1.165, 1.54) is 12.8 Å². The molecule has 0 saturated heterocycles. The van der Waals surface area contributed by atoms with Crippen LogP contribution in [0, 0.1) is 0 Å². The van der Waals surface area contributed by atoms with Crippen molar-refractivity contribution in [2.75, 3.05) is 18.4 Å². The largest absolute Gasteiger partial charge is 0.295 e. The van der Waals surface area contributed by atoms with Crippen molar-refractivity contribution in [2.45, 2.75) is 26.3 Å². The second-order valence-electron chi connectivity index (χ2n) is 3.48. The lowest BCUT2D eigenvalue weighted by atomic mass is 10.3. The lowest BCUT2D eigenvalue weighted by Crippen LogP contribution is -2.27. The summed E-state index contributed by atoms with van der Waals surface area (Å²) in [5.41, 5.74) is 0. The summed E-state index contributed by atoms with van der Waals surface area (Å²) in [5, 5.41) is 1.00. The number of nitrogens with zero attached hydrogens (tertiary/aromatic N) is 3. The van der Waals surface area contributed by atoms with E-state index in [0.717, 1.165) is 30.8 Å². The van der Waals surface area contributed by atoms with Crippen LogP contribution in [0.25, 0.3) is 0 Å². The Morgan fingerprint density at radius 3 is 2.60 bits per heavy atom. The molecule has 1 rings (SSSR count). The van der Waals surface area contributed by atoms with Crippen LogP contribution in [0.2, 0.25) is 0 Å². The van der Waals surface area contributed by atoms with Crippen LogP contribution in [0.5, 0.6) is 0 Å². The highest BCUT2D eigenvalue weighted by molar-refractivity contribution is 9.09. The molecule has 0 aliphatic heterocycles. The van der Waals surface area contributed by atoms with Crippen molar-refractivity contribution in [2.24, 2.45) is 0 Å². The monoisotopic (exact) mass is 271 g/mol. The van der Waals surface area contributed by atoms with Gasteiger partial charge in [0.25, 0.3) is 0 Å². The first-order valence-electron chi connectivity index (χ1n) is 5.41. The molecular formula is C11H18BrN3. The maximum atomic E-state index is 4.24. The molecule has 0 aliphatic carbocycles. The smallest absolute Gasteiger partial charge is 0.142 e. The zero-order valence-electron chi connectivity index (χ0n) is 9.19. The SMILES string of the molecule is CCCCN(CCBr)Cc1ncccn1. The fraction of sp³-hybridized carbons (Fsp3) is 0.636. The minimum Gasteiger partial charge on any atom is -0.295 e. The maximum absolute atomic E-state index is 4.24. The summed E-state index contributed by atoms with van der Waals surface area (Å²) in [6.45, 7) is 5.25. The Kier molecular flexibility index (Phi) is 6.52. The molecule has 84 valence electrons. The molecule has 3 nitrogen and oxygen atoms in total. The second kappa shape index (κ2) is 7.77. The van der Waals surface area contributed by atoms with Crippen LogP contribution >= 0.6 is 15.9 Å². The zero-order chi connectivity index (χ0) is 10.9. The van der Waals surface area contributed by atoms with Gasteiger partial charge in [-0.3, -0.25) is 4.90 Å². The van der Waals surface area contributed by atoms with Gasteiger partial charge in [-0.1, -0.05) is 29.3 Å². The molecule has 0 amide bonds. The fourth-order valence-electron chi connectivity index (χ4n) is 1.38. The van der Waals surface area contributed by atoms with Crippen molar-refractivity contribution in [3.63, 3.8) is 0 Å². The molecule has 0 spiro atoms. The van der Waals surface area contributed by atoms with Crippen molar-refractivity contribution in [3.05, 3.63) is 24.3 Å². The summed E-state index contributed by atoms with van der Waals surface area (Å²) in [7, 11) is 0. The van der Waals surface area contributed by atoms with Crippen molar-refractivity contribution in [3.8, 4) is 0 Å². The highest BCUT2D eigenvalue weighted by Crippen LogP contribution is 2.01. The number of aromatic nitrogens is 2. The van der Waals surface area contributed by atoms with Gasteiger partial charge in [-0.25, -0.2) is 9.97 Å². The summed E-state index contributed by atoms with van der Waals surface area (Å²) in [4.78, 5) is 10.9. The third-order valence-electron chi connectivity index (χ3n) is 2.21. The van der Waals surface area contributed by atoms with E-state index in [2.05, 4.69) is 37.7 Å². The first-order chi connectivity index (χ1) is 7.36. The molecule has 0 bridgehead atoms. The van der Waals surface area contributed by atoms with E-state index in [1.807, 2.05) is 6.07 Å². The average molecular weight is 272 g/mol. The molecular weight excluding hydrogens is 254 g/mol. The van der Waals surface area contributed by atoms with E-state index < -0.39 is 0 Å². The van der Waals surface area contributed by atoms with E-state index in [1.54, 1.807) is 12.4 Å². The molecule has 1 aromatic heterocycles. The number of halogens is 1. The minimum atomic E-state index is 0.854. The van der Waals surface area contributed by atoms with E-state index in [4.69, 9.17) is 0 Å². The minimum absolute atomic E-state index is 0.854. The van der Waals surface area contributed by atoms with Gasteiger partial charge in [-0.2, -0.15) is 0 Å². The van der Waals surface area contributed by atoms with Gasteiger partial charge in [-0.15, -0.1) is 0 Å². The van der Waals surface area contributed by atoms with Gasteiger partial charge in [0.15, 0.2) is 0 Å². The van der Waals surface area contributed by atoms with Crippen molar-refractivity contribution in [1.29, 1.82) is 0 Å². The molecule has 0 saturated carbocycles. The number of alkyl halides is 1. The van der Waals surface area contributed by atoms with Crippen LogP contribution in [0.1, 0.15) is 25.6 Å². The van der Waals surface area contributed by atoms with E-state index >= 15 is 0 Å². The summed E-state index contributed by atoms with van der Waals surface area (Å²) in [5.74, 6) is 0.912. The number of hydrogen-bond acceptors (Lipinski definition) is 3. The third kappa shape index (κ3) is 5.23. The fourth-order valence-corrected chi connectivity index (χ4v) is 1.88. The zero-order valence-corrected chi connectivity index (χ0v) is 10.8. The van der Waals surface area contributed by atoms with Crippen molar-refractivity contribution >= 4 is 15.9 Å². The summed E-state index contributed by atoms with van der Waals surface area (Å²) < 4.78 is 0. The molecule has 0 N–H and O–H groups in total. The molecule has 4 heteroatoms. The van der Waals surface area contributed by atoms with Gasteiger partial charge in [0.2, 0.25) is 0 Å². The highest BCUT2D eigenvalue weighted by atomic mass is 79.9. The Morgan fingerprint density at radius 2 is 2.00 bits per heavy atom. The van der Waals surface area contributed by atoms with Crippen molar-refractivity contribution < 1.29 is 0 Å². The van der Waals surface area contributed by atoms with Crippen LogP contribution in [0.4, 0.5) is 0 Å². The van der Waals surface area contributed by atoms with Crippen LogP contribution < -0.4 is 0 Å².